The first-order valence-corrected chi connectivity index (χ1v) is 8.92. The number of likely N-dealkylation sites (tertiary alicyclic amines) is 1. The Balaban J connectivity index is 0.00000364. The van der Waals surface area contributed by atoms with Crippen LogP contribution in [0.5, 0.6) is 0 Å². The molecule has 0 saturated carbocycles. The summed E-state index contributed by atoms with van der Waals surface area (Å²) < 4.78 is 37.5. The van der Waals surface area contributed by atoms with Crippen LogP contribution in [0, 0.1) is 0 Å². The molecule has 0 radical (unpaired) electrons. The zero-order valence-corrected chi connectivity index (χ0v) is 18.1. The van der Waals surface area contributed by atoms with Crippen LogP contribution in [-0.2, 0) is 0 Å². The number of benzene rings is 1. The van der Waals surface area contributed by atoms with Crippen LogP contribution in [0.3, 0.4) is 0 Å². The summed E-state index contributed by atoms with van der Waals surface area (Å²) in [6, 6.07) is 6.87. The Kier molecular flexibility index (Phi) is 10.1. The molecule has 3 N–H and O–H groups in total. The van der Waals surface area contributed by atoms with E-state index in [2.05, 4.69) is 15.6 Å². The van der Waals surface area contributed by atoms with Gasteiger partial charge in [0.25, 0.3) is 0 Å². The van der Waals surface area contributed by atoms with E-state index in [0.717, 1.165) is 0 Å². The standard InChI is InChI=1S/C17H24ClF3N4O.HI/c1-2-22-16(23-9-15(26)13-5-3-4-6-14(13)18)24-12-7-8-25(10-12)11-17(19,20)21;/h3-6,12,15,26H,2,7-11H2,1H3,(H2,22,23,24);1H. The largest absolute Gasteiger partial charge is 0.401 e. The van der Waals surface area contributed by atoms with Gasteiger partial charge in [0.1, 0.15) is 6.10 Å². The fourth-order valence-corrected chi connectivity index (χ4v) is 3.14. The van der Waals surface area contributed by atoms with Crippen LogP contribution in [0.25, 0.3) is 0 Å². The second-order valence-electron chi connectivity index (χ2n) is 6.24. The fourth-order valence-electron chi connectivity index (χ4n) is 2.88. The van der Waals surface area contributed by atoms with Crippen LogP contribution in [0.4, 0.5) is 13.2 Å². The Hall–Kier alpha value is -0.780. The normalized spacial score (nSPS) is 19.5. The number of rotatable bonds is 6. The predicted octanol–water partition coefficient (Wildman–Crippen LogP) is 3.18. The summed E-state index contributed by atoms with van der Waals surface area (Å²) in [5.74, 6) is 0.470. The van der Waals surface area contributed by atoms with Crippen molar-refractivity contribution in [2.45, 2.75) is 31.7 Å². The van der Waals surface area contributed by atoms with E-state index in [1.807, 2.05) is 6.92 Å². The van der Waals surface area contributed by atoms with Crippen molar-refractivity contribution in [3.8, 4) is 0 Å². The van der Waals surface area contributed by atoms with Gasteiger partial charge < -0.3 is 15.7 Å². The third kappa shape index (κ3) is 8.41. The molecule has 0 amide bonds. The molecule has 1 heterocycles. The number of nitrogens with zero attached hydrogens (tertiary/aromatic N) is 2. The highest BCUT2D eigenvalue weighted by molar-refractivity contribution is 14.0. The topological polar surface area (TPSA) is 59.9 Å². The summed E-state index contributed by atoms with van der Waals surface area (Å²) in [6.07, 6.45) is -4.44. The molecule has 0 spiro atoms. The molecule has 2 atom stereocenters. The molecular weight excluding hydrogens is 496 g/mol. The van der Waals surface area contributed by atoms with E-state index >= 15 is 0 Å². The zero-order chi connectivity index (χ0) is 19.2. The van der Waals surface area contributed by atoms with Crippen LogP contribution in [0.1, 0.15) is 25.0 Å². The van der Waals surface area contributed by atoms with Crippen LogP contribution < -0.4 is 10.6 Å². The van der Waals surface area contributed by atoms with E-state index in [1.165, 1.54) is 4.90 Å². The van der Waals surface area contributed by atoms with Gasteiger partial charge in [-0.1, -0.05) is 29.8 Å². The predicted molar refractivity (Wildman–Crippen MR) is 112 cm³/mol. The molecule has 1 aliphatic heterocycles. The van der Waals surface area contributed by atoms with Gasteiger partial charge in [0, 0.05) is 36.3 Å². The lowest BCUT2D eigenvalue weighted by Crippen LogP contribution is -2.45. The number of aliphatic imine (C=N–C) groups is 1. The minimum absolute atomic E-state index is 0. The van der Waals surface area contributed by atoms with Gasteiger partial charge in [0.2, 0.25) is 0 Å². The number of nitrogens with one attached hydrogen (secondary N) is 2. The van der Waals surface area contributed by atoms with Gasteiger partial charge in [0.15, 0.2) is 5.96 Å². The number of guanidine groups is 1. The van der Waals surface area contributed by atoms with Crippen molar-refractivity contribution in [2.75, 3.05) is 32.7 Å². The third-order valence-corrected chi connectivity index (χ3v) is 4.39. The van der Waals surface area contributed by atoms with Crippen molar-refractivity contribution in [1.29, 1.82) is 0 Å². The molecule has 2 unspecified atom stereocenters. The van der Waals surface area contributed by atoms with Crippen LogP contribution >= 0.6 is 35.6 Å². The van der Waals surface area contributed by atoms with Crippen molar-refractivity contribution in [1.82, 2.24) is 15.5 Å². The number of alkyl halides is 3. The van der Waals surface area contributed by atoms with Crippen molar-refractivity contribution in [3.05, 3.63) is 34.9 Å². The van der Waals surface area contributed by atoms with Crippen molar-refractivity contribution < 1.29 is 18.3 Å². The number of aliphatic hydroxyl groups is 1. The first-order valence-electron chi connectivity index (χ1n) is 8.55. The summed E-state index contributed by atoms with van der Waals surface area (Å²) in [6.45, 7) is 2.39. The van der Waals surface area contributed by atoms with Crippen molar-refractivity contribution >= 4 is 41.5 Å². The molecule has 154 valence electrons. The monoisotopic (exact) mass is 520 g/mol. The summed E-state index contributed by atoms with van der Waals surface area (Å²) in [4.78, 5) is 5.71. The zero-order valence-electron chi connectivity index (χ0n) is 15.0. The van der Waals surface area contributed by atoms with Gasteiger partial charge >= 0.3 is 6.18 Å². The molecule has 0 aromatic heterocycles. The maximum atomic E-state index is 12.5. The molecular formula is C17H25ClF3IN4O. The Morgan fingerprint density at radius 2 is 2.11 bits per heavy atom. The minimum atomic E-state index is -4.19. The van der Waals surface area contributed by atoms with Gasteiger partial charge in [0.05, 0.1) is 13.1 Å². The summed E-state index contributed by atoms with van der Waals surface area (Å²) >= 11 is 6.06. The molecule has 1 aliphatic rings. The van der Waals surface area contributed by atoms with Crippen LogP contribution in [-0.4, -0.2) is 60.9 Å². The van der Waals surface area contributed by atoms with Gasteiger partial charge in [-0.3, -0.25) is 9.89 Å². The highest BCUT2D eigenvalue weighted by Crippen LogP contribution is 2.23. The van der Waals surface area contributed by atoms with Gasteiger partial charge in [-0.2, -0.15) is 13.2 Å². The quantitative estimate of drug-likeness (QED) is 0.306. The van der Waals surface area contributed by atoms with E-state index in [-0.39, 0.29) is 36.6 Å². The summed E-state index contributed by atoms with van der Waals surface area (Å²) in [5, 5.41) is 16.9. The molecule has 1 fully saturated rings. The summed E-state index contributed by atoms with van der Waals surface area (Å²) in [7, 11) is 0. The molecule has 0 aliphatic carbocycles. The lowest BCUT2D eigenvalue weighted by molar-refractivity contribution is -0.143. The second kappa shape index (κ2) is 11.3. The van der Waals surface area contributed by atoms with Gasteiger partial charge in [-0.25, -0.2) is 0 Å². The molecule has 1 saturated heterocycles. The van der Waals surface area contributed by atoms with Crippen LogP contribution in [0.2, 0.25) is 5.02 Å². The van der Waals surface area contributed by atoms with Crippen molar-refractivity contribution in [3.63, 3.8) is 0 Å². The van der Waals surface area contributed by atoms with E-state index in [0.29, 0.717) is 42.6 Å². The Morgan fingerprint density at radius 1 is 1.41 bits per heavy atom. The molecule has 0 bridgehead atoms. The lowest BCUT2D eigenvalue weighted by atomic mass is 10.1. The molecule has 5 nitrogen and oxygen atoms in total. The minimum Gasteiger partial charge on any atom is -0.386 e. The summed E-state index contributed by atoms with van der Waals surface area (Å²) in [5.41, 5.74) is 0.589. The van der Waals surface area contributed by atoms with Gasteiger partial charge in [-0.15, -0.1) is 24.0 Å². The Morgan fingerprint density at radius 3 is 2.74 bits per heavy atom. The average molecular weight is 521 g/mol. The fraction of sp³-hybridized carbons (Fsp3) is 0.588. The first-order chi connectivity index (χ1) is 12.3. The van der Waals surface area contributed by atoms with Gasteiger partial charge in [-0.05, 0) is 19.4 Å². The number of hydrogen-bond donors (Lipinski definition) is 3. The molecule has 27 heavy (non-hydrogen) atoms. The highest BCUT2D eigenvalue weighted by atomic mass is 127. The Labute approximate surface area is 179 Å². The second-order valence-corrected chi connectivity index (χ2v) is 6.64. The van der Waals surface area contributed by atoms with E-state index < -0.39 is 18.8 Å². The molecule has 2 rings (SSSR count). The number of hydrogen-bond acceptors (Lipinski definition) is 3. The van der Waals surface area contributed by atoms with Crippen molar-refractivity contribution in [2.24, 2.45) is 4.99 Å². The molecule has 1 aromatic rings. The first kappa shape index (κ1) is 24.3. The van der Waals surface area contributed by atoms with E-state index in [4.69, 9.17) is 11.6 Å². The van der Waals surface area contributed by atoms with E-state index in [9.17, 15) is 18.3 Å². The third-order valence-electron chi connectivity index (χ3n) is 4.05. The van der Waals surface area contributed by atoms with Crippen LogP contribution in [0.15, 0.2) is 29.3 Å². The molecule has 10 heteroatoms. The molecule has 1 aromatic carbocycles. The van der Waals surface area contributed by atoms with E-state index in [1.54, 1.807) is 24.3 Å². The maximum Gasteiger partial charge on any atom is 0.401 e. The number of aliphatic hydroxyl groups excluding tert-OH is 1. The maximum absolute atomic E-state index is 12.5. The lowest BCUT2D eigenvalue weighted by Gasteiger charge is -2.20. The SMILES string of the molecule is CCNC(=NCC(O)c1ccccc1Cl)NC1CCN(CC(F)(F)F)C1.I. The number of halogens is 5. The smallest absolute Gasteiger partial charge is 0.386 e. The average Bonchev–Trinajstić information content (AvgIpc) is 2.98. The Bertz CT molecular complexity index is 618. The highest BCUT2D eigenvalue weighted by Gasteiger charge is 2.34.